The van der Waals surface area contributed by atoms with E-state index in [1.165, 1.54) is 186 Å². The lowest BCUT2D eigenvalue weighted by atomic mass is 10.0. The summed E-state index contributed by atoms with van der Waals surface area (Å²) in [5.41, 5.74) is 0. The quantitative estimate of drug-likeness (QED) is 0.0222. The van der Waals surface area contributed by atoms with Gasteiger partial charge in [0, 0.05) is 25.7 Å². The van der Waals surface area contributed by atoms with Crippen LogP contribution in [0.1, 0.15) is 362 Å². The molecule has 0 spiro atoms. The molecule has 5 atom stereocenters. The zero-order valence-electron chi connectivity index (χ0n) is 56.7. The van der Waals surface area contributed by atoms with Crippen molar-refractivity contribution < 1.29 is 80.2 Å². The van der Waals surface area contributed by atoms with Crippen LogP contribution >= 0.6 is 15.6 Å². The summed E-state index contributed by atoms with van der Waals surface area (Å²) in [7, 11) is -9.88. The SMILES string of the molecule is CCCCCCCCCCCCCCCCCCCCCC(=O)O[C@H](COC(=O)CCCCCCCCCCCCCC)COP(=O)(O)OC[C@@H](O)COP(=O)(O)OC[C@@H](COC(=O)CCCCCCC)OC(=O)CCCCCCCCCCCCCC. The highest BCUT2D eigenvalue weighted by molar-refractivity contribution is 7.47. The second-order valence-electron chi connectivity index (χ2n) is 24.9. The van der Waals surface area contributed by atoms with Gasteiger partial charge in [0.2, 0.25) is 0 Å². The summed E-state index contributed by atoms with van der Waals surface area (Å²) in [6.45, 7) is 4.85. The lowest BCUT2D eigenvalue weighted by Gasteiger charge is -2.21. The summed E-state index contributed by atoms with van der Waals surface area (Å²) in [4.78, 5) is 72.2. The molecular weight excluding hydrogens is 1160 g/mol. The minimum Gasteiger partial charge on any atom is -0.462 e. The molecule has 0 aromatic heterocycles. The minimum absolute atomic E-state index is 0.107. The molecule has 522 valence electrons. The molecule has 0 aromatic carbocycles. The Bertz CT molecular complexity index is 1690. The first-order valence-corrected chi connectivity index (χ1v) is 39.3. The van der Waals surface area contributed by atoms with Gasteiger partial charge >= 0.3 is 39.5 Å². The molecule has 2 unspecified atom stereocenters. The van der Waals surface area contributed by atoms with Crippen molar-refractivity contribution >= 4 is 39.5 Å². The van der Waals surface area contributed by atoms with Gasteiger partial charge in [0.1, 0.15) is 19.3 Å². The molecule has 0 heterocycles. The van der Waals surface area contributed by atoms with Gasteiger partial charge in [-0.25, -0.2) is 9.13 Å². The third-order valence-corrected chi connectivity index (χ3v) is 18.0. The first-order chi connectivity index (χ1) is 42.7. The first-order valence-electron chi connectivity index (χ1n) is 36.3. The molecule has 0 aliphatic heterocycles. The Balaban J connectivity index is 5.12. The topological polar surface area (TPSA) is 237 Å². The second kappa shape index (κ2) is 63.8. The van der Waals surface area contributed by atoms with E-state index in [9.17, 15) is 43.2 Å². The van der Waals surface area contributed by atoms with Crippen LogP contribution in [0.25, 0.3) is 0 Å². The van der Waals surface area contributed by atoms with Crippen LogP contribution in [0.3, 0.4) is 0 Å². The Morgan fingerprint density at radius 1 is 0.273 bits per heavy atom. The van der Waals surface area contributed by atoms with E-state index in [0.29, 0.717) is 25.7 Å². The molecule has 19 heteroatoms. The number of rotatable bonds is 70. The lowest BCUT2D eigenvalue weighted by molar-refractivity contribution is -0.161. The molecule has 0 fully saturated rings. The zero-order valence-corrected chi connectivity index (χ0v) is 58.5. The van der Waals surface area contributed by atoms with Crippen molar-refractivity contribution in [2.75, 3.05) is 39.6 Å². The number of hydrogen-bond acceptors (Lipinski definition) is 15. The van der Waals surface area contributed by atoms with E-state index < -0.39 is 97.5 Å². The molecule has 0 amide bonds. The van der Waals surface area contributed by atoms with Gasteiger partial charge in [-0.15, -0.1) is 0 Å². The maximum atomic E-state index is 13.0. The van der Waals surface area contributed by atoms with Gasteiger partial charge in [0.05, 0.1) is 26.4 Å². The summed E-state index contributed by atoms with van der Waals surface area (Å²) in [6.07, 6.45) is 51.7. The Labute approximate surface area is 537 Å². The smallest absolute Gasteiger partial charge is 0.462 e. The van der Waals surface area contributed by atoms with Crippen molar-refractivity contribution in [1.29, 1.82) is 0 Å². The molecule has 0 saturated carbocycles. The van der Waals surface area contributed by atoms with E-state index in [-0.39, 0.29) is 25.7 Å². The number of hydrogen-bond donors (Lipinski definition) is 3. The van der Waals surface area contributed by atoms with Crippen molar-refractivity contribution in [2.45, 2.75) is 380 Å². The average Bonchev–Trinajstić information content (AvgIpc) is 3.58. The second-order valence-corrected chi connectivity index (χ2v) is 27.8. The van der Waals surface area contributed by atoms with Gasteiger partial charge in [-0.05, 0) is 25.7 Å². The van der Waals surface area contributed by atoms with Crippen LogP contribution < -0.4 is 0 Å². The molecule has 0 bridgehead atoms. The van der Waals surface area contributed by atoms with E-state index in [1.807, 2.05) is 0 Å². The summed E-state index contributed by atoms with van der Waals surface area (Å²) in [5, 5.41) is 10.5. The number of aliphatic hydroxyl groups is 1. The highest BCUT2D eigenvalue weighted by atomic mass is 31.2. The Hall–Kier alpha value is -1.94. The number of phosphoric acid groups is 2. The van der Waals surface area contributed by atoms with Gasteiger partial charge in [0.15, 0.2) is 12.2 Å². The van der Waals surface area contributed by atoms with Crippen molar-refractivity contribution in [3.8, 4) is 0 Å². The van der Waals surface area contributed by atoms with Crippen molar-refractivity contribution in [2.24, 2.45) is 0 Å². The number of esters is 4. The van der Waals surface area contributed by atoms with E-state index >= 15 is 0 Å². The number of ether oxygens (including phenoxy) is 4. The summed E-state index contributed by atoms with van der Waals surface area (Å²) >= 11 is 0. The number of carbonyl (C=O) groups is 4. The molecule has 0 aliphatic carbocycles. The molecule has 0 aliphatic rings. The monoisotopic (exact) mass is 1300 g/mol. The summed E-state index contributed by atoms with van der Waals surface area (Å²) in [5.74, 6) is -2.13. The van der Waals surface area contributed by atoms with Crippen molar-refractivity contribution in [1.82, 2.24) is 0 Å². The van der Waals surface area contributed by atoms with Gasteiger partial charge in [-0.3, -0.25) is 37.3 Å². The van der Waals surface area contributed by atoms with Crippen LogP contribution in [-0.2, 0) is 65.4 Å². The fraction of sp³-hybridized carbons (Fsp3) is 0.942. The van der Waals surface area contributed by atoms with E-state index in [4.69, 9.17) is 37.0 Å². The fourth-order valence-corrected chi connectivity index (χ4v) is 12.1. The third-order valence-electron chi connectivity index (χ3n) is 16.1. The van der Waals surface area contributed by atoms with E-state index in [1.54, 1.807) is 0 Å². The molecule has 3 N–H and O–H groups in total. The molecule has 0 aromatic rings. The maximum absolute atomic E-state index is 13.0. The highest BCUT2D eigenvalue weighted by Gasteiger charge is 2.30. The van der Waals surface area contributed by atoms with Gasteiger partial charge in [-0.1, -0.05) is 310 Å². The third kappa shape index (κ3) is 62.8. The minimum atomic E-state index is -4.95. The van der Waals surface area contributed by atoms with Gasteiger partial charge in [-0.2, -0.15) is 0 Å². The predicted molar refractivity (Wildman–Crippen MR) is 354 cm³/mol. The highest BCUT2D eigenvalue weighted by Crippen LogP contribution is 2.45. The number of phosphoric ester groups is 2. The van der Waals surface area contributed by atoms with Gasteiger partial charge in [0.25, 0.3) is 0 Å². The molecular formula is C69H134O17P2. The molecule has 17 nitrogen and oxygen atoms in total. The largest absolute Gasteiger partial charge is 0.472 e. The normalized spacial score (nSPS) is 14.0. The van der Waals surface area contributed by atoms with Crippen molar-refractivity contribution in [3.05, 3.63) is 0 Å². The summed E-state index contributed by atoms with van der Waals surface area (Å²) < 4.78 is 68.0. The Morgan fingerprint density at radius 3 is 0.670 bits per heavy atom. The summed E-state index contributed by atoms with van der Waals surface area (Å²) in [6, 6.07) is 0. The van der Waals surface area contributed by atoms with Crippen LogP contribution in [-0.4, -0.2) is 96.7 Å². The molecule has 0 radical (unpaired) electrons. The average molecular weight is 1300 g/mol. The lowest BCUT2D eigenvalue weighted by Crippen LogP contribution is -2.30. The maximum Gasteiger partial charge on any atom is 0.472 e. The van der Waals surface area contributed by atoms with E-state index in [2.05, 4.69) is 27.7 Å². The van der Waals surface area contributed by atoms with Gasteiger partial charge < -0.3 is 33.8 Å². The molecule has 0 saturated heterocycles. The van der Waals surface area contributed by atoms with E-state index in [0.717, 1.165) is 96.3 Å². The molecule has 88 heavy (non-hydrogen) atoms. The Kier molecular flexibility index (Phi) is 62.4. The fourth-order valence-electron chi connectivity index (χ4n) is 10.5. The van der Waals surface area contributed by atoms with Crippen LogP contribution in [0, 0.1) is 0 Å². The first kappa shape index (κ1) is 86.1. The van der Waals surface area contributed by atoms with Crippen LogP contribution in [0.5, 0.6) is 0 Å². The van der Waals surface area contributed by atoms with Crippen LogP contribution in [0.2, 0.25) is 0 Å². The number of carbonyl (C=O) groups excluding carboxylic acids is 4. The van der Waals surface area contributed by atoms with Crippen LogP contribution in [0.15, 0.2) is 0 Å². The van der Waals surface area contributed by atoms with Crippen LogP contribution in [0.4, 0.5) is 0 Å². The number of unbranched alkanes of at least 4 members (excludes halogenated alkanes) is 44. The number of aliphatic hydroxyl groups excluding tert-OH is 1. The van der Waals surface area contributed by atoms with Crippen molar-refractivity contribution in [3.63, 3.8) is 0 Å². The Morgan fingerprint density at radius 2 is 0.455 bits per heavy atom. The standard InChI is InChI=1S/C69H134O17P2/c1-5-9-13-17-20-23-26-29-30-31-32-33-34-35-38-41-44-48-52-56-69(74)86-65(60-80-67(72)54-50-46-42-39-36-27-24-21-18-14-10-6-2)62-84-88(77,78)82-58-63(70)57-81-87(75,76)83-61-64(59-79-66(71)53-49-45-16-12-8-4)85-68(73)55-51-47-43-40-37-28-25-22-19-15-11-7-3/h63-65,70H,5-62H2,1-4H3,(H,75,76)(H,77,78)/t63-,64+,65+/m0/s1. The zero-order chi connectivity index (χ0) is 64.7. The molecule has 0 rings (SSSR count). The predicted octanol–water partition coefficient (Wildman–Crippen LogP) is 19.9.